The Bertz CT molecular complexity index is 250. The highest BCUT2D eigenvalue weighted by Gasteiger charge is 2.26. The second-order valence-electron chi connectivity index (χ2n) is 2.91. The third-order valence-electron chi connectivity index (χ3n) is 2.24. The van der Waals surface area contributed by atoms with Gasteiger partial charge in [-0.05, 0) is 12.8 Å². The van der Waals surface area contributed by atoms with Crippen LogP contribution in [0.15, 0.2) is 0 Å². The van der Waals surface area contributed by atoms with Crippen LogP contribution in [0, 0.1) is 0 Å². The van der Waals surface area contributed by atoms with Crippen LogP contribution >= 0.6 is 0 Å². The molecule has 0 aliphatic carbocycles. The molecule has 12 heavy (non-hydrogen) atoms. The molecule has 0 aliphatic heterocycles. The number of nitrogens with two attached hydrogens (primary N) is 2. The fourth-order valence-corrected chi connectivity index (χ4v) is 1.08. The van der Waals surface area contributed by atoms with Gasteiger partial charge in [0.1, 0.15) is 5.82 Å². The van der Waals surface area contributed by atoms with Gasteiger partial charge in [0.2, 0.25) is 5.95 Å². The van der Waals surface area contributed by atoms with Gasteiger partial charge in [-0.1, -0.05) is 13.8 Å². The number of rotatable bonds is 3. The van der Waals surface area contributed by atoms with Crippen molar-refractivity contribution in [1.82, 2.24) is 15.2 Å². The van der Waals surface area contributed by atoms with Crippen molar-refractivity contribution in [2.75, 3.05) is 5.73 Å². The van der Waals surface area contributed by atoms with Gasteiger partial charge in [-0.3, -0.25) is 5.10 Å². The molecule has 0 saturated carbocycles. The van der Waals surface area contributed by atoms with E-state index in [0.29, 0.717) is 5.82 Å². The first-order valence-corrected chi connectivity index (χ1v) is 4.09. The molecule has 0 spiro atoms. The van der Waals surface area contributed by atoms with E-state index in [1.165, 1.54) is 0 Å². The maximum absolute atomic E-state index is 6.04. The van der Waals surface area contributed by atoms with E-state index < -0.39 is 5.54 Å². The van der Waals surface area contributed by atoms with E-state index in [2.05, 4.69) is 15.2 Å². The van der Waals surface area contributed by atoms with E-state index in [0.717, 1.165) is 12.8 Å². The number of hydrogen-bond acceptors (Lipinski definition) is 4. The summed E-state index contributed by atoms with van der Waals surface area (Å²) in [7, 11) is 0. The number of nitrogens with zero attached hydrogens (tertiary/aromatic N) is 2. The minimum atomic E-state index is -0.412. The highest BCUT2D eigenvalue weighted by molar-refractivity contribution is 5.16. The smallest absolute Gasteiger partial charge is 0.239 e. The molecular formula is C7H15N5. The van der Waals surface area contributed by atoms with E-state index in [1.54, 1.807) is 0 Å². The van der Waals surface area contributed by atoms with Crippen molar-refractivity contribution in [3.8, 4) is 0 Å². The lowest BCUT2D eigenvalue weighted by Crippen LogP contribution is -2.36. The minimum Gasteiger partial charge on any atom is -0.367 e. The average molecular weight is 169 g/mol. The number of anilines is 1. The highest BCUT2D eigenvalue weighted by atomic mass is 15.3. The Morgan fingerprint density at radius 3 is 2.33 bits per heavy atom. The van der Waals surface area contributed by atoms with Crippen LogP contribution in [0.25, 0.3) is 0 Å². The normalized spacial score (nSPS) is 11.9. The summed E-state index contributed by atoms with van der Waals surface area (Å²) in [5, 5.41) is 6.48. The van der Waals surface area contributed by atoms with Gasteiger partial charge in [0.15, 0.2) is 0 Å². The molecule has 1 heterocycles. The Hall–Kier alpha value is -1.10. The molecule has 1 aromatic heterocycles. The van der Waals surface area contributed by atoms with E-state index in [1.807, 2.05) is 13.8 Å². The number of nitrogen functional groups attached to an aromatic ring is 1. The van der Waals surface area contributed by atoms with Crippen molar-refractivity contribution in [2.45, 2.75) is 32.2 Å². The van der Waals surface area contributed by atoms with Gasteiger partial charge in [-0.2, -0.15) is 4.98 Å². The van der Waals surface area contributed by atoms with Crippen molar-refractivity contribution in [3.63, 3.8) is 0 Å². The lowest BCUT2D eigenvalue weighted by Gasteiger charge is -2.22. The van der Waals surface area contributed by atoms with Crippen molar-refractivity contribution < 1.29 is 0 Å². The molecule has 0 aromatic carbocycles. The summed E-state index contributed by atoms with van der Waals surface area (Å²) in [5.74, 6) is 0.923. The summed E-state index contributed by atoms with van der Waals surface area (Å²) in [4.78, 5) is 4.01. The highest BCUT2D eigenvalue weighted by Crippen LogP contribution is 2.21. The average Bonchev–Trinajstić information content (AvgIpc) is 2.51. The summed E-state index contributed by atoms with van der Waals surface area (Å²) in [5.41, 5.74) is 11.0. The van der Waals surface area contributed by atoms with Crippen LogP contribution < -0.4 is 11.5 Å². The van der Waals surface area contributed by atoms with Gasteiger partial charge >= 0.3 is 0 Å². The monoisotopic (exact) mass is 169 g/mol. The number of H-pyrrole nitrogens is 1. The molecular weight excluding hydrogens is 154 g/mol. The molecule has 0 saturated heterocycles. The number of nitrogens with one attached hydrogen (secondary N) is 1. The Morgan fingerprint density at radius 1 is 1.42 bits per heavy atom. The Kier molecular flexibility index (Phi) is 2.32. The number of hydrogen-bond donors (Lipinski definition) is 3. The van der Waals surface area contributed by atoms with Crippen LogP contribution in [0.2, 0.25) is 0 Å². The van der Waals surface area contributed by atoms with E-state index in [9.17, 15) is 0 Å². The first-order valence-electron chi connectivity index (χ1n) is 4.09. The van der Waals surface area contributed by atoms with Crippen molar-refractivity contribution in [2.24, 2.45) is 5.73 Å². The molecule has 1 aromatic rings. The minimum absolute atomic E-state index is 0.252. The van der Waals surface area contributed by atoms with Gasteiger partial charge in [0.05, 0.1) is 5.54 Å². The lowest BCUT2D eigenvalue weighted by atomic mass is 9.94. The molecule has 68 valence electrons. The van der Waals surface area contributed by atoms with Gasteiger partial charge in [-0.15, -0.1) is 5.10 Å². The zero-order valence-corrected chi connectivity index (χ0v) is 7.46. The maximum atomic E-state index is 6.04. The summed E-state index contributed by atoms with van der Waals surface area (Å²) >= 11 is 0. The zero-order valence-electron chi connectivity index (χ0n) is 7.46. The topological polar surface area (TPSA) is 93.6 Å². The molecule has 5 nitrogen and oxygen atoms in total. The van der Waals surface area contributed by atoms with Crippen LogP contribution in [0.1, 0.15) is 32.5 Å². The van der Waals surface area contributed by atoms with Crippen LogP contribution in [0.5, 0.6) is 0 Å². The molecule has 5 N–H and O–H groups in total. The van der Waals surface area contributed by atoms with Gasteiger partial charge in [0, 0.05) is 0 Å². The van der Waals surface area contributed by atoms with Crippen LogP contribution in [0.4, 0.5) is 5.95 Å². The third-order valence-corrected chi connectivity index (χ3v) is 2.24. The quantitative estimate of drug-likeness (QED) is 0.609. The first kappa shape index (κ1) is 8.99. The van der Waals surface area contributed by atoms with E-state index in [4.69, 9.17) is 11.5 Å². The summed E-state index contributed by atoms with van der Waals surface area (Å²) in [6, 6.07) is 0. The van der Waals surface area contributed by atoms with Crippen LogP contribution in [-0.4, -0.2) is 15.2 Å². The molecule has 0 aliphatic rings. The number of aromatic amines is 1. The molecule has 0 fully saturated rings. The molecule has 0 atom stereocenters. The molecule has 0 radical (unpaired) electrons. The number of aromatic nitrogens is 3. The SMILES string of the molecule is CCC(N)(CC)c1nc(N)n[nH]1. The summed E-state index contributed by atoms with van der Waals surface area (Å²) in [6.45, 7) is 4.03. The second kappa shape index (κ2) is 3.10. The van der Waals surface area contributed by atoms with Crippen molar-refractivity contribution >= 4 is 5.95 Å². The van der Waals surface area contributed by atoms with Crippen molar-refractivity contribution in [1.29, 1.82) is 0 Å². The fraction of sp³-hybridized carbons (Fsp3) is 0.714. The fourth-order valence-electron chi connectivity index (χ4n) is 1.08. The third kappa shape index (κ3) is 1.40. The van der Waals surface area contributed by atoms with Gasteiger partial charge < -0.3 is 11.5 Å². The second-order valence-corrected chi connectivity index (χ2v) is 2.91. The van der Waals surface area contributed by atoms with Gasteiger partial charge in [0.25, 0.3) is 0 Å². The predicted molar refractivity (Wildman–Crippen MR) is 47.2 cm³/mol. The molecule has 1 rings (SSSR count). The molecule has 0 unspecified atom stereocenters. The zero-order chi connectivity index (χ0) is 9.19. The maximum Gasteiger partial charge on any atom is 0.239 e. The van der Waals surface area contributed by atoms with E-state index in [-0.39, 0.29) is 5.95 Å². The van der Waals surface area contributed by atoms with Gasteiger partial charge in [-0.25, -0.2) is 0 Å². The summed E-state index contributed by atoms with van der Waals surface area (Å²) < 4.78 is 0. The predicted octanol–water partition coefficient (Wildman–Crippen LogP) is 0.361. The Morgan fingerprint density at radius 2 is 2.00 bits per heavy atom. The Balaban J connectivity index is 2.94. The molecule has 5 heteroatoms. The molecule has 0 amide bonds. The van der Waals surface area contributed by atoms with E-state index >= 15 is 0 Å². The largest absolute Gasteiger partial charge is 0.367 e. The summed E-state index contributed by atoms with van der Waals surface area (Å²) in [6.07, 6.45) is 1.64. The van der Waals surface area contributed by atoms with Crippen LogP contribution in [-0.2, 0) is 5.54 Å². The van der Waals surface area contributed by atoms with Crippen molar-refractivity contribution in [3.05, 3.63) is 5.82 Å². The standard InChI is InChI=1S/C7H15N5/c1-3-7(9,4-2)5-10-6(8)12-11-5/h3-4,9H2,1-2H3,(H3,8,10,11,12). The Labute approximate surface area is 71.6 Å². The lowest BCUT2D eigenvalue weighted by molar-refractivity contribution is 0.389. The molecule has 0 bridgehead atoms. The van der Waals surface area contributed by atoms with Crippen LogP contribution in [0.3, 0.4) is 0 Å². The first-order chi connectivity index (χ1) is 5.62.